The summed E-state index contributed by atoms with van der Waals surface area (Å²) in [5.74, 6) is -0.579. The lowest BCUT2D eigenvalue weighted by Gasteiger charge is -2.24. The molecule has 0 aromatic heterocycles. The number of nitrogens with zero attached hydrogens (tertiary/aromatic N) is 1. The van der Waals surface area contributed by atoms with Gasteiger partial charge in [-0.1, -0.05) is 23.7 Å². The van der Waals surface area contributed by atoms with E-state index in [4.69, 9.17) is 16.7 Å². The van der Waals surface area contributed by atoms with Crippen molar-refractivity contribution in [1.29, 1.82) is 0 Å². The fraction of sp³-hybridized carbons (Fsp3) is 0.125. The first-order chi connectivity index (χ1) is 10.6. The van der Waals surface area contributed by atoms with Gasteiger partial charge in [0.15, 0.2) is 0 Å². The number of halogens is 1. The smallest absolute Gasteiger partial charge is 0.335 e. The van der Waals surface area contributed by atoms with Crippen LogP contribution in [0.2, 0.25) is 5.02 Å². The molecule has 2 aromatic rings. The SMILES string of the molecule is O=C(O)c1ccc(N2C(=O)CSC2c2ccc(Cl)cc2)cc1. The Morgan fingerprint density at radius 2 is 1.77 bits per heavy atom. The van der Waals surface area contributed by atoms with Crippen molar-refractivity contribution in [2.75, 3.05) is 10.7 Å². The summed E-state index contributed by atoms with van der Waals surface area (Å²) in [5, 5.41) is 9.48. The van der Waals surface area contributed by atoms with Crippen molar-refractivity contribution in [3.8, 4) is 0 Å². The molecule has 1 atom stereocenters. The summed E-state index contributed by atoms with van der Waals surface area (Å²) in [5.41, 5.74) is 1.88. The number of carboxylic acid groups (broad SMARTS) is 1. The van der Waals surface area contributed by atoms with E-state index in [0.29, 0.717) is 16.5 Å². The van der Waals surface area contributed by atoms with Gasteiger partial charge < -0.3 is 5.11 Å². The van der Waals surface area contributed by atoms with Gasteiger partial charge in [0.2, 0.25) is 5.91 Å². The highest BCUT2D eigenvalue weighted by Crippen LogP contribution is 2.41. The lowest BCUT2D eigenvalue weighted by molar-refractivity contribution is -0.115. The number of aromatic carboxylic acids is 1. The van der Waals surface area contributed by atoms with Crippen molar-refractivity contribution in [1.82, 2.24) is 0 Å². The molecule has 1 aliphatic rings. The van der Waals surface area contributed by atoms with Crippen molar-refractivity contribution in [2.45, 2.75) is 5.37 Å². The van der Waals surface area contributed by atoms with Crippen LogP contribution in [0.5, 0.6) is 0 Å². The van der Waals surface area contributed by atoms with Crippen molar-refractivity contribution in [3.05, 3.63) is 64.7 Å². The Hall–Kier alpha value is -1.98. The third-order valence-electron chi connectivity index (χ3n) is 3.42. The molecule has 1 fully saturated rings. The molecule has 0 spiro atoms. The van der Waals surface area contributed by atoms with Crippen molar-refractivity contribution in [2.24, 2.45) is 0 Å². The van der Waals surface area contributed by atoms with Crippen molar-refractivity contribution >= 4 is 40.9 Å². The van der Waals surface area contributed by atoms with Crippen LogP contribution in [0.4, 0.5) is 5.69 Å². The quantitative estimate of drug-likeness (QED) is 0.927. The van der Waals surface area contributed by atoms with Gasteiger partial charge in [0, 0.05) is 10.7 Å². The zero-order valence-electron chi connectivity index (χ0n) is 11.4. The fourth-order valence-electron chi connectivity index (χ4n) is 2.34. The Morgan fingerprint density at radius 1 is 1.14 bits per heavy atom. The summed E-state index contributed by atoms with van der Waals surface area (Å²) in [6.07, 6.45) is 0. The van der Waals surface area contributed by atoms with Crippen molar-refractivity contribution < 1.29 is 14.7 Å². The highest BCUT2D eigenvalue weighted by Gasteiger charge is 2.33. The molecule has 112 valence electrons. The number of benzene rings is 2. The summed E-state index contributed by atoms with van der Waals surface area (Å²) in [6.45, 7) is 0. The molecule has 22 heavy (non-hydrogen) atoms. The molecule has 0 radical (unpaired) electrons. The van der Waals surface area contributed by atoms with E-state index < -0.39 is 5.97 Å². The number of thioether (sulfide) groups is 1. The number of amides is 1. The lowest BCUT2D eigenvalue weighted by atomic mass is 10.1. The number of anilines is 1. The highest BCUT2D eigenvalue weighted by molar-refractivity contribution is 8.00. The third kappa shape index (κ3) is 2.82. The van der Waals surface area contributed by atoms with Crippen LogP contribution in [-0.2, 0) is 4.79 Å². The number of carbonyl (C=O) groups is 2. The standard InChI is InChI=1S/C16H12ClNO3S/c17-12-5-1-10(2-6-12)15-18(14(19)9-22-15)13-7-3-11(4-8-13)16(20)21/h1-8,15H,9H2,(H,20,21). The zero-order valence-corrected chi connectivity index (χ0v) is 13.0. The van der Waals surface area contributed by atoms with Crippen LogP contribution in [0, 0.1) is 0 Å². The molecule has 2 aromatic carbocycles. The van der Waals surface area contributed by atoms with Crippen LogP contribution in [0.25, 0.3) is 0 Å². The zero-order chi connectivity index (χ0) is 15.7. The van der Waals surface area contributed by atoms with Crippen LogP contribution in [0.15, 0.2) is 48.5 Å². The van der Waals surface area contributed by atoms with Crippen molar-refractivity contribution in [3.63, 3.8) is 0 Å². The number of carbonyl (C=O) groups excluding carboxylic acids is 1. The second-order valence-electron chi connectivity index (χ2n) is 4.83. The van der Waals surface area contributed by atoms with Gasteiger partial charge in [0.1, 0.15) is 5.37 Å². The normalized spacial score (nSPS) is 17.8. The molecule has 1 unspecified atom stereocenters. The van der Waals surface area contributed by atoms with E-state index in [1.165, 1.54) is 23.9 Å². The molecule has 1 amide bonds. The predicted molar refractivity (Wildman–Crippen MR) is 87.5 cm³/mol. The minimum Gasteiger partial charge on any atom is -0.478 e. The molecule has 1 aliphatic heterocycles. The Morgan fingerprint density at radius 3 is 2.36 bits per heavy atom. The number of hydrogen-bond donors (Lipinski definition) is 1. The molecule has 4 nitrogen and oxygen atoms in total. The molecule has 0 bridgehead atoms. The fourth-order valence-corrected chi connectivity index (χ4v) is 3.65. The Bertz CT molecular complexity index is 715. The maximum Gasteiger partial charge on any atom is 0.335 e. The minimum absolute atomic E-state index is 0.00743. The van der Waals surface area contributed by atoms with Gasteiger partial charge in [-0.25, -0.2) is 4.79 Å². The van der Waals surface area contributed by atoms with Crippen LogP contribution < -0.4 is 4.90 Å². The average molecular weight is 334 g/mol. The molecule has 0 aliphatic carbocycles. The largest absolute Gasteiger partial charge is 0.478 e. The van der Waals surface area contributed by atoms with Crippen LogP contribution in [-0.4, -0.2) is 22.7 Å². The summed E-state index contributed by atoms with van der Waals surface area (Å²) >= 11 is 7.44. The first-order valence-corrected chi connectivity index (χ1v) is 8.01. The van der Waals surface area contributed by atoms with Gasteiger partial charge in [-0.2, -0.15) is 0 Å². The van der Waals surface area contributed by atoms with E-state index in [-0.39, 0.29) is 16.8 Å². The topological polar surface area (TPSA) is 57.6 Å². The molecular formula is C16H12ClNO3S. The predicted octanol–water partition coefficient (Wildman–Crippen LogP) is 3.82. The summed E-state index contributed by atoms with van der Waals surface area (Å²) < 4.78 is 0. The van der Waals surface area contributed by atoms with Crippen LogP contribution in [0.1, 0.15) is 21.3 Å². The summed E-state index contributed by atoms with van der Waals surface area (Å²) in [4.78, 5) is 24.8. The molecule has 1 N–H and O–H groups in total. The second-order valence-corrected chi connectivity index (χ2v) is 6.34. The number of hydrogen-bond acceptors (Lipinski definition) is 3. The van der Waals surface area contributed by atoms with E-state index >= 15 is 0 Å². The van der Waals surface area contributed by atoms with E-state index in [9.17, 15) is 9.59 Å². The first-order valence-electron chi connectivity index (χ1n) is 6.59. The van der Waals surface area contributed by atoms with Crippen LogP contribution in [0.3, 0.4) is 0 Å². The monoisotopic (exact) mass is 333 g/mol. The van der Waals surface area contributed by atoms with Gasteiger partial charge in [-0.15, -0.1) is 11.8 Å². The highest BCUT2D eigenvalue weighted by atomic mass is 35.5. The minimum atomic E-state index is -0.983. The Kier molecular flexibility index (Phi) is 4.09. The van der Waals surface area contributed by atoms with E-state index in [1.54, 1.807) is 29.2 Å². The number of rotatable bonds is 3. The molecule has 1 saturated heterocycles. The first kappa shape index (κ1) is 14.9. The van der Waals surface area contributed by atoms with Gasteiger partial charge in [-0.05, 0) is 42.0 Å². The maximum absolute atomic E-state index is 12.2. The van der Waals surface area contributed by atoms with E-state index in [1.807, 2.05) is 12.1 Å². The molecule has 0 saturated carbocycles. The van der Waals surface area contributed by atoms with E-state index in [2.05, 4.69) is 0 Å². The van der Waals surface area contributed by atoms with Gasteiger partial charge in [0.05, 0.1) is 11.3 Å². The second kappa shape index (κ2) is 6.02. The maximum atomic E-state index is 12.2. The molecule has 3 rings (SSSR count). The molecular weight excluding hydrogens is 322 g/mol. The third-order valence-corrected chi connectivity index (χ3v) is 4.88. The lowest BCUT2D eigenvalue weighted by Crippen LogP contribution is -2.27. The Labute approximate surface area is 136 Å². The van der Waals surface area contributed by atoms with E-state index in [0.717, 1.165) is 5.56 Å². The van der Waals surface area contributed by atoms with Gasteiger partial charge >= 0.3 is 5.97 Å². The van der Waals surface area contributed by atoms with Crippen LogP contribution >= 0.6 is 23.4 Å². The molecule has 6 heteroatoms. The van der Waals surface area contributed by atoms with Gasteiger partial charge in [0.25, 0.3) is 0 Å². The molecule has 1 heterocycles. The Balaban J connectivity index is 1.93. The average Bonchev–Trinajstić information content (AvgIpc) is 2.90. The number of carboxylic acids is 1. The summed E-state index contributed by atoms with van der Waals surface area (Å²) in [6, 6.07) is 13.7. The van der Waals surface area contributed by atoms with Gasteiger partial charge in [-0.3, -0.25) is 9.69 Å². The summed E-state index contributed by atoms with van der Waals surface area (Å²) in [7, 11) is 0.